The Morgan fingerprint density at radius 3 is 2.57 bits per heavy atom. The van der Waals surface area contributed by atoms with E-state index in [0.717, 1.165) is 47.8 Å². The molecule has 5 nitrogen and oxygen atoms in total. The highest BCUT2D eigenvalue weighted by molar-refractivity contribution is 8.00. The fourth-order valence-electron chi connectivity index (χ4n) is 4.06. The molecule has 1 aromatic heterocycles. The van der Waals surface area contributed by atoms with Crippen molar-refractivity contribution in [2.75, 3.05) is 32.6 Å². The van der Waals surface area contributed by atoms with E-state index in [4.69, 9.17) is 9.47 Å². The molecule has 4 rings (SSSR count). The third-order valence-corrected chi connectivity index (χ3v) is 6.70. The van der Waals surface area contributed by atoms with Gasteiger partial charge in [0.25, 0.3) is 0 Å². The summed E-state index contributed by atoms with van der Waals surface area (Å²) in [5.74, 6) is 2.90. The predicted octanol–water partition coefficient (Wildman–Crippen LogP) is 5.07. The highest BCUT2D eigenvalue weighted by Gasteiger charge is 2.25. The molecule has 0 radical (unpaired) electrons. The predicted molar refractivity (Wildman–Crippen MR) is 122 cm³/mol. The molecule has 2 heterocycles. The average Bonchev–Trinajstić information content (AvgIpc) is 3.22. The minimum absolute atomic E-state index is 0.216. The Hall–Kier alpha value is -2.60. The van der Waals surface area contributed by atoms with Crippen molar-refractivity contribution in [2.45, 2.75) is 30.6 Å². The van der Waals surface area contributed by atoms with Crippen LogP contribution in [0.15, 0.2) is 53.6 Å². The number of amides is 1. The number of thioether (sulfide) groups is 1. The number of aromatic amines is 1. The van der Waals surface area contributed by atoms with Gasteiger partial charge >= 0.3 is 0 Å². The number of aromatic nitrogens is 1. The maximum atomic E-state index is 12.7. The zero-order valence-electron chi connectivity index (χ0n) is 17.5. The number of piperidine rings is 1. The molecule has 1 aliphatic rings. The van der Waals surface area contributed by atoms with Crippen LogP contribution >= 0.6 is 11.8 Å². The van der Waals surface area contributed by atoms with Crippen molar-refractivity contribution in [3.05, 3.63) is 54.2 Å². The minimum atomic E-state index is 0.216. The summed E-state index contributed by atoms with van der Waals surface area (Å²) < 4.78 is 10.9. The SMILES string of the molecule is CCOc1ccc(SCC(=O)N2CCC(c3c[nH]c4ccc(OC)cc34)CC2)cc1. The molecule has 6 heteroatoms. The van der Waals surface area contributed by atoms with Crippen LogP contribution in [0.4, 0.5) is 0 Å². The van der Waals surface area contributed by atoms with Gasteiger partial charge in [-0.25, -0.2) is 0 Å². The number of rotatable bonds is 7. The van der Waals surface area contributed by atoms with Crippen molar-refractivity contribution in [1.82, 2.24) is 9.88 Å². The molecule has 30 heavy (non-hydrogen) atoms. The van der Waals surface area contributed by atoms with Gasteiger partial charge < -0.3 is 19.4 Å². The quantitative estimate of drug-likeness (QED) is 0.538. The zero-order chi connectivity index (χ0) is 20.9. The summed E-state index contributed by atoms with van der Waals surface area (Å²) >= 11 is 1.59. The van der Waals surface area contributed by atoms with Gasteiger partial charge in [-0.2, -0.15) is 0 Å². The molecule has 3 aromatic rings. The summed E-state index contributed by atoms with van der Waals surface area (Å²) in [7, 11) is 1.70. The van der Waals surface area contributed by atoms with E-state index >= 15 is 0 Å². The molecule has 0 unspecified atom stereocenters. The molecular weight excluding hydrogens is 396 g/mol. The van der Waals surface area contributed by atoms with Crippen molar-refractivity contribution in [3.63, 3.8) is 0 Å². The summed E-state index contributed by atoms with van der Waals surface area (Å²) in [5.41, 5.74) is 2.47. The molecule has 1 fully saturated rings. The summed E-state index contributed by atoms with van der Waals surface area (Å²) in [5, 5.41) is 1.23. The highest BCUT2D eigenvalue weighted by atomic mass is 32.2. The first kappa shape index (κ1) is 20.7. The van der Waals surface area contributed by atoms with E-state index in [-0.39, 0.29) is 5.91 Å². The topological polar surface area (TPSA) is 54.6 Å². The molecule has 1 saturated heterocycles. The number of fused-ring (bicyclic) bond motifs is 1. The van der Waals surface area contributed by atoms with E-state index in [1.807, 2.05) is 42.2 Å². The Morgan fingerprint density at radius 2 is 1.87 bits per heavy atom. The van der Waals surface area contributed by atoms with E-state index in [0.29, 0.717) is 18.3 Å². The van der Waals surface area contributed by atoms with E-state index in [1.54, 1.807) is 18.9 Å². The summed E-state index contributed by atoms with van der Waals surface area (Å²) in [6.07, 6.45) is 4.10. The maximum Gasteiger partial charge on any atom is 0.232 e. The molecule has 1 N–H and O–H groups in total. The largest absolute Gasteiger partial charge is 0.497 e. The van der Waals surface area contributed by atoms with Gasteiger partial charge in [-0.1, -0.05) is 0 Å². The van der Waals surface area contributed by atoms with Crippen molar-refractivity contribution >= 4 is 28.6 Å². The van der Waals surface area contributed by atoms with Crippen molar-refractivity contribution in [2.24, 2.45) is 0 Å². The smallest absolute Gasteiger partial charge is 0.232 e. The number of carbonyl (C=O) groups excluding carboxylic acids is 1. The monoisotopic (exact) mass is 424 g/mol. The van der Waals surface area contributed by atoms with Gasteiger partial charge in [0.1, 0.15) is 11.5 Å². The Labute approximate surface area is 181 Å². The van der Waals surface area contributed by atoms with Crippen LogP contribution in [0.2, 0.25) is 0 Å². The minimum Gasteiger partial charge on any atom is -0.497 e. The molecular formula is C24H28N2O3S. The van der Waals surface area contributed by atoms with Crippen LogP contribution in [-0.2, 0) is 4.79 Å². The Balaban J connectivity index is 1.31. The van der Waals surface area contributed by atoms with Crippen molar-refractivity contribution in [1.29, 1.82) is 0 Å². The standard InChI is InChI=1S/C24H28N2O3S/c1-3-29-18-4-7-20(8-5-18)30-16-24(27)26-12-10-17(11-13-26)22-15-25-23-9-6-19(28-2)14-21(22)23/h4-9,14-15,17,25H,3,10-13,16H2,1-2H3. The molecule has 158 valence electrons. The number of likely N-dealkylation sites (tertiary alicyclic amines) is 1. The lowest BCUT2D eigenvalue weighted by Gasteiger charge is -2.32. The van der Waals surface area contributed by atoms with Crippen LogP contribution in [0.5, 0.6) is 11.5 Å². The van der Waals surface area contributed by atoms with E-state index < -0.39 is 0 Å². The zero-order valence-corrected chi connectivity index (χ0v) is 18.3. The number of carbonyl (C=O) groups is 1. The number of ether oxygens (including phenoxy) is 2. The van der Waals surface area contributed by atoms with Gasteiger partial charge in [-0.3, -0.25) is 4.79 Å². The first-order chi connectivity index (χ1) is 14.7. The average molecular weight is 425 g/mol. The number of nitrogens with one attached hydrogen (secondary N) is 1. The van der Waals surface area contributed by atoms with Crippen LogP contribution in [0.3, 0.4) is 0 Å². The van der Waals surface area contributed by atoms with Crippen LogP contribution in [0.25, 0.3) is 10.9 Å². The van der Waals surface area contributed by atoms with Gasteiger partial charge in [0.05, 0.1) is 19.5 Å². The number of benzene rings is 2. The second kappa shape index (κ2) is 9.47. The highest BCUT2D eigenvalue weighted by Crippen LogP contribution is 2.35. The fourth-order valence-corrected chi connectivity index (χ4v) is 4.86. The molecule has 0 bridgehead atoms. The van der Waals surface area contributed by atoms with Gasteiger partial charge in [0, 0.05) is 35.1 Å². The molecule has 0 saturated carbocycles. The molecule has 0 aliphatic carbocycles. The number of nitrogens with zero attached hydrogens (tertiary/aromatic N) is 1. The van der Waals surface area contributed by atoms with Gasteiger partial charge in [-0.15, -0.1) is 11.8 Å². The second-order valence-electron chi connectivity index (χ2n) is 7.50. The summed E-state index contributed by atoms with van der Waals surface area (Å²) in [6, 6.07) is 14.1. The third kappa shape index (κ3) is 4.59. The molecule has 1 amide bonds. The first-order valence-corrected chi connectivity index (χ1v) is 11.4. The lowest BCUT2D eigenvalue weighted by atomic mass is 9.89. The second-order valence-corrected chi connectivity index (χ2v) is 8.55. The van der Waals surface area contributed by atoms with E-state index in [2.05, 4.69) is 23.3 Å². The number of H-pyrrole nitrogens is 1. The molecule has 2 aromatic carbocycles. The van der Waals surface area contributed by atoms with Crippen LogP contribution in [0, 0.1) is 0 Å². The van der Waals surface area contributed by atoms with Crippen molar-refractivity contribution in [3.8, 4) is 11.5 Å². The van der Waals surface area contributed by atoms with E-state index in [1.165, 1.54) is 10.9 Å². The maximum absolute atomic E-state index is 12.7. The fraction of sp³-hybridized carbons (Fsp3) is 0.375. The van der Waals surface area contributed by atoms with Crippen LogP contribution < -0.4 is 9.47 Å². The Bertz CT molecular complexity index is 991. The van der Waals surface area contributed by atoms with Crippen molar-refractivity contribution < 1.29 is 14.3 Å². The Kier molecular flexibility index (Phi) is 6.53. The molecule has 0 spiro atoms. The first-order valence-electron chi connectivity index (χ1n) is 10.5. The van der Waals surface area contributed by atoms with Crippen LogP contribution in [0.1, 0.15) is 31.2 Å². The lowest BCUT2D eigenvalue weighted by molar-refractivity contribution is -0.129. The lowest BCUT2D eigenvalue weighted by Crippen LogP contribution is -2.38. The molecule has 1 aliphatic heterocycles. The number of methoxy groups -OCH3 is 1. The summed E-state index contributed by atoms with van der Waals surface area (Å²) in [6.45, 7) is 4.25. The van der Waals surface area contributed by atoms with Gasteiger partial charge in [0.15, 0.2) is 0 Å². The van der Waals surface area contributed by atoms with Crippen LogP contribution in [-0.4, -0.2) is 48.4 Å². The third-order valence-electron chi connectivity index (χ3n) is 5.71. The Morgan fingerprint density at radius 1 is 1.13 bits per heavy atom. The number of hydrogen-bond donors (Lipinski definition) is 1. The number of hydrogen-bond acceptors (Lipinski definition) is 4. The summed E-state index contributed by atoms with van der Waals surface area (Å²) in [4.78, 5) is 19.2. The van der Waals surface area contributed by atoms with Gasteiger partial charge in [0.2, 0.25) is 5.91 Å². The van der Waals surface area contributed by atoms with E-state index in [9.17, 15) is 4.79 Å². The normalized spacial score (nSPS) is 14.8. The molecule has 0 atom stereocenters. The van der Waals surface area contributed by atoms with Gasteiger partial charge in [-0.05, 0) is 73.7 Å².